The molecule has 162 valence electrons. The topological polar surface area (TPSA) is 190 Å². The number of benzene rings is 1. The van der Waals surface area contributed by atoms with Crippen molar-refractivity contribution in [2.24, 2.45) is 23.7 Å². The van der Waals surface area contributed by atoms with Crippen LogP contribution in [0.1, 0.15) is 71.6 Å². The van der Waals surface area contributed by atoms with E-state index in [2.05, 4.69) is 0 Å². The average Bonchev–Trinajstić information content (AvgIpc) is 2.87. The number of rotatable bonds is 4. The lowest BCUT2D eigenvalue weighted by Crippen LogP contribution is -2.28. The van der Waals surface area contributed by atoms with Gasteiger partial charge in [0.1, 0.15) is 23.7 Å². The van der Waals surface area contributed by atoms with E-state index in [1.807, 2.05) is 48.6 Å². The van der Waals surface area contributed by atoms with Crippen molar-refractivity contribution in [3.8, 4) is 48.6 Å². The minimum absolute atomic E-state index is 0.440. The highest BCUT2D eigenvalue weighted by Gasteiger charge is 2.41. The summed E-state index contributed by atoms with van der Waals surface area (Å²) in [4.78, 5) is 0. The number of nitriles is 8. The predicted octanol–water partition coefficient (Wildman–Crippen LogP) is 4.26. The Bertz CT molecular complexity index is 1060. The third-order valence-corrected chi connectivity index (χ3v) is 7.19. The zero-order valence-electron chi connectivity index (χ0n) is 18.2. The van der Waals surface area contributed by atoms with Crippen LogP contribution in [0.5, 0.6) is 0 Å². The van der Waals surface area contributed by atoms with Crippen LogP contribution >= 0.6 is 0 Å². The fourth-order valence-electron chi connectivity index (χ4n) is 5.51. The van der Waals surface area contributed by atoms with E-state index in [1.165, 1.54) is 0 Å². The summed E-state index contributed by atoms with van der Waals surface area (Å²) in [6.45, 7) is 0. The first-order valence-electron chi connectivity index (χ1n) is 10.9. The van der Waals surface area contributed by atoms with Crippen LogP contribution in [0.3, 0.4) is 0 Å². The van der Waals surface area contributed by atoms with Gasteiger partial charge in [0.15, 0.2) is 0 Å². The molecule has 0 bridgehead atoms. The van der Waals surface area contributed by atoms with Crippen LogP contribution in [-0.4, -0.2) is 0 Å². The minimum atomic E-state index is -0.938. The van der Waals surface area contributed by atoms with Gasteiger partial charge >= 0.3 is 0 Å². The Morgan fingerprint density at radius 2 is 0.588 bits per heavy atom. The smallest absolute Gasteiger partial charge is 0.140 e. The second-order valence-corrected chi connectivity index (χ2v) is 8.63. The summed E-state index contributed by atoms with van der Waals surface area (Å²) in [6, 6.07) is 19.9. The van der Waals surface area contributed by atoms with E-state index < -0.39 is 47.3 Å². The van der Waals surface area contributed by atoms with Gasteiger partial charge in [-0.2, -0.15) is 42.1 Å². The molecule has 0 heterocycles. The summed E-state index contributed by atoms with van der Waals surface area (Å²) < 4.78 is 0. The number of fused-ring (bicyclic) bond motifs is 2. The quantitative estimate of drug-likeness (QED) is 0.660. The second kappa shape index (κ2) is 10.2. The summed E-state index contributed by atoms with van der Waals surface area (Å²) in [7, 11) is 0. The molecule has 0 amide bonds. The van der Waals surface area contributed by atoms with Gasteiger partial charge in [-0.05, 0) is 47.9 Å². The lowest BCUT2D eigenvalue weighted by Gasteiger charge is -2.38. The Hall–Kier alpha value is -4.86. The highest BCUT2D eigenvalue weighted by molar-refractivity contribution is 5.51. The molecule has 4 atom stereocenters. The summed E-state index contributed by atoms with van der Waals surface area (Å²) in [6.07, 6.45) is 1.76. The van der Waals surface area contributed by atoms with Crippen LogP contribution in [-0.2, 0) is 0 Å². The Balaban J connectivity index is 2.34. The van der Waals surface area contributed by atoms with E-state index in [4.69, 9.17) is 0 Å². The van der Waals surface area contributed by atoms with Crippen molar-refractivity contribution in [1.82, 2.24) is 0 Å². The monoisotopic (exact) mass is 442 g/mol. The Labute approximate surface area is 198 Å². The lowest BCUT2D eigenvalue weighted by atomic mass is 9.63. The molecule has 0 saturated heterocycles. The molecular weight excluding hydrogens is 424 g/mol. The first-order chi connectivity index (χ1) is 16.5. The van der Waals surface area contributed by atoms with Crippen molar-refractivity contribution in [3.05, 3.63) is 34.4 Å². The van der Waals surface area contributed by atoms with Crippen molar-refractivity contribution < 1.29 is 0 Å². The van der Waals surface area contributed by atoms with Gasteiger partial charge in [-0.25, -0.2) is 0 Å². The molecule has 2 aliphatic carbocycles. The first-order valence-corrected chi connectivity index (χ1v) is 10.9. The average molecular weight is 442 g/mol. The number of hydrogen-bond donors (Lipinski definition) is 0. The van der Waals surface area contributed by atoms with Gasteiger partial charge in [0.2, 0.25) is 0 Å². The summed E-state index contributed by atoms with van der Waals surface area (Å²) in [5.74, 6) is -5.54. The van der Waals surface area contributed by atoms with Gasteiger partial charge in [0.25, 0.3) is 0 Å². The van der Waals surface area contributed by atoms with E-state index in [0.717, 1.165) is 0 Å². The van der Waals surface area contributed by atoms with Gasteiger partial charge in [-0.3, -0.25) is 0 Å². The zero-order chi connectivity index (χ0) is 24.8. The molecule has 8 nitrogen and oxygen atoms in total. The maximum atomic E-state index is 9.57. The predicted molar refractivity (Wildman–Crippen MR) is 115 cm³/mol. The molecule has 2 aliphatic rings. The Morgan fingerprint density at radius 3 is 0.735 bits per heavy atom. The van der Waals surface area contributed by atoms with Crippen molar-refractivity contribution in [3.63, 3.8) is 0 Å². The molecule has 0 fully saturated rings. The van der Waals surface area contributed by atoms with Gasteiger partial charge < -0.3 is 0 Å². The normalized spacial score (nSPS) is 22.5. The molecule has 8 heteroatoms. The molecule has 1 aromatic carbocycles. The molecule has 0 aromatic heterocycles. The van der Waals surface area contributed by atoms with Crippen LogP contribution in [0, 0.1) is 114 Å². The Morgan fingerprint density at radius 1 is 0.412 bits per heavy atom. The molecule has 1 aromatic rings. The molecule has 0 spiro atoms. The molecule has 0 saturated carbocycles. The third-order valence-electron chi connectivity index (χ3n) is 7.19. The lowest BCUT2D eigenvalue weighted by molar-refractivity contribution is 0.410. The molecule has 0 N–H and O–H groups in total. The molecule has 4 unspecified atom stereocenters. The van der Waals surface area contributed by atoms with Crippen LogP contribution in [0.2, 0.25) is 0 Å². The van der Waals surface area contributed by atoms with Gasteiger partial charge in [-0.15, -0.1) is 0 Å². The maximum absolute atomic E-state index is 9.57. The van der Waals surface area contributed by atoms with Crippen LogP contribution in [0.15, 0.2) is 12.1 Å². The maximum Gasteiger partial charge on any atom is 0.140 e. The van der Waals surface area contributed by atoms with Gasteiger partial charge in [0, 0.05) is 23.7 Å². The molecule has 34 heavy (non-hydrogen) atoms. The highest BCUT2D eigenvalue weighted by Crippen LogP contribution is 2.51. The van der Waals surface area contributed by atoms with E-state index in [0.29, 0.717) is 47.9 Å². The van der Waals surface area contributed by atoms with Crippen molar-refractivity contribution in [2.45, 2.75) is 49.4 Å². The van der Waals surface area contributed by atoms with Crippen molar-refractivity contribution in [2.75, 3.05) is 0 Å². The number of hydrogen-bond acceptors (Lipinski definition) is 8. The zero-order valence-corrected chi connectivity index (χ0v) is 18.2. The summed E-state index contributed by atoms with van der Waals surface area (Å²) in [5, 5.41) is 76.6. The first kappa shape index (κ1) is 23.8. The van der Waals surface area contributed by atoms with Crippen molar-refractivity contribution in [1.29, 1.82) is 42.1 Å². The van der Waals surface area contributed by atoms with Crippen LogP contribution < -0.4 is 0 Å². The fraction of sp³-hybridized carbons (Fsp3) is 0.462. The van der Waals surface area contributed by atoms with Gasteiger partial charge in [-0.1, -0.05) is 12.1 Å². The summed E-state index contributed by atoms with van der Waals surface area (Å²) in [5.41, 5.74) is 2.68. The standard InChI is InChI=1S/C26H18N8/c27-7-15(8-28)19-1-2-20(16(9-29)10-30)24-6-26-22(18(13-33)14-34)4-3-21(17(11-31)12-32)25(26)5-23(19)24/h5-6,15-22H,1-4H2. The highest BCUT2D eigenvalue weighted by atomic mass is 14.5. The van der Waals surface area contributed by atoms with E-state index in [1.54, 1.807) is 12.1 Å². The van der Waals surface area contributed by atoms with Crippen molar-refractivity contribution >= 4 is 0 Å². The van der Waals surface area contributed by atoms with E-state index >= 15 is 0 Å². The van der Waals surface area contributed by atoms with E-state index in [9.17, 15) is 42.1 Å². The minimum Gasteiger partial charge on any atom is -0.197 e. The van der Waals surface area contributed by atoms with Crippen LogP contribution in [0.25, 0.3) is 0 Å². The molecule has 3 rings (SSSR count). The SMILES string of the molecule is N#CC(C#N)C1CCC(C(C#N)C#N)c2cc3c(cc21)C(C(C#N)C#N)CCC3C(C#N)C#N. The summed E-state index contributed by atoms with van der Waals surface area (Å²) >= 11 is 0. The third kappa shape index (κ3) is 3.88. The number of nitrogens with zero attached hydrogens (tertiary/aromatic N) is 8. The van der Waals surface area contributed by atoms with Gasteiger partial charge in [0.05, 0.1) is 48.6 Å². The van der Waals surface area contributed by atoms with E-state index in [-0.39, 0.29) is 0 Å². The Kier molecular flexibility index (Phi) is 7.12. The largest absolute Gasteiger partial charge is 0.197 e. The second-order valence-electron chi connectivity index (χ2n) is 8.63. The molecule has 0 aliphatic heterocycles. The molecule has 0 radical (unpaired) electrons. The fourth-order valence-corrected chi connectivity index (χ4v) is 5.51. The molecular formula is C26H18N8. The van der Waals surface area contributed by atoms with Crippen LogP contribution in [0.4, 0.5) is 0 Å².